The summed E-state index contributed by atoms with van der Waals surface area (Å²) in [6, 6.07) is 1.81. The molecule has 0 amide bonds. The highest BCUT2D eigenvalue weighted by atomic mass is 16.6. The summed E-state index contributed by atoms with van der Waals surface area (Å²) in [5.74, 6) is -1.80. The van der Waals surface area contributed by atoms with Gasteiger partial charge in [0, 0.05) is 20.8 Å². The molecule has 1 rings (SSSR count). The molecule has 8 nitrogen and oxygen atoms in total. The van der Waals surface area contributed by atoms with Crippen LogP contribution in [0.2, 0.25) is 0 Å². The summed E-state index contributed by atoms with van der Waals surface area (Å²) >= 11 is 0. The second-order valence-electron chi connectivity index (χ2n) is 4.17. The Morgan fingerprint density at radius 2 is 1.60 bits per heavy atom. The fourth-order valence-corrected chi connectivity index (χ4v) is 1.82. The van der Waals surface area contributed by atoms with Gasteiger partial charge in [-0.15, -0.1) is 0 Å². The van der Waals surface area contributed by atoms with Crippen LogP contribution in [0.15, 0.2) is 0 Å². The fourth-order valence-electron chi connectivity index (χ4n) is 1.82. The van der Waals surface area contributed by atoms with Gasteiger partial charge in [0.2, 0.25) is 0 Å². The summed E-state index contributed by atoms with van der Waals surface area (Å²) in [5.41, 5.74) is 0. The second kappa shape index (κ2) is 6.86. The van der Waals surface area contributed by atoms with Crippen LogP contribution < -0.4 is 0 Å². The predicted molar refractivity (Wildman–Crippen MR) is 62.0 cm³/mol. The summed E-state index contributed by atoms with van der Waals surface area (Å²) in [6.07, 6.45) is -4.01. The minimum Gasteiger partial charge on any atom is -0.463 e. The molecule has 0 aromatic rings. The van der Waals surface area contributed by atoms with E-state index in [4.69, 9.17) is 24.2 Å². The third kappa shape index (κ3) is 4.20. The molecule has 0 unspecified atom stereocenters. The van der Waals surface area contributed by atoms with Crippen LogP contribution in [-0.4, -0.2) is 48.9 Å². The minimum atomic E-state index is -1.09. The van der Waals surface area contributed by atoms with Gasteiger partial charge in [-0.2, -0.15) is 5.26 Å². The molecular weight excluding hydrogens is 270 g/mol. The third-order valence-corrected chi connectivity index (χ3v) is 2.49. The van der Waals surface area contributed by atoms with Crippen molar-refractivity contribution in [1.82, 2.24) is 0 Å². The quantitative estimate of drug-likeness (QED) is 0.511. The van der Waals surface area contributed by atoms with Crippen LogP contribution in [0.5, 0.6) is 0 Å². The number of hydrogen-bond acceptors (Lipinski definition) is 8. The van der Waals surface area contributed by atoms with Gasteiger partial charge in [0.05, 0.1) is 6.07 Å². The number of carbonyl (C=O) groups excluding carboxylic acids is 3. The lowest BCUT2D eigenvalue weighted by Crippen LogP contribution is -2.41. The summed E-state index contributed by atoms with van der Waals surface area (Å²) in [5, 5.41) is 8.98. The second-order valence-corrected chi connectivity index (χ2v) is 4.17. The first kappa shape index (κ1) is 15.9. The van der Waals surface area contributed by atoms with Crippen LogP contribution in [0.25, 0.3) is 0 Å². The van der Waals surface area contributed by atoms with Crippen molar-refractivity contribution in [3.05, 3.63) is 0 Å². The van der Waals surface area contributed by atoms with Gasteiger partial charge in [-0.1, -0.05) is 0 Å². The standard InChI is InChI=1S/C12H15NO7/c1-6(14)17-5-10-12(19-8(3)16)11(18-7(2)15)9(4-13)20-10/h9-12H,5H2,1-3H3/t9-,10+,11-,12+/m0/s1. The Hall–Kier alpha value is -2.14. The zero-order valence-corrected chi connectivity index (χ0v) is 11.3. The molecule has 1 aliphatic heterocycles. The number of rotatable bonds is 4. The Morgan fingerprint density at radius 3 is 2.05 bits per heavy atom. The maximum absolute atomic E-state index is 11.1. The Kier molecular flexibility index (Phi) is 5.46. The lowest BCUT2D eigenvalue weighted by molar-refractivity contribution is -0.165. The molecule has 0 bridgehead atoms. The van der Waals surface area contributed by atoms with Crippen molar-refractivity contribution in [3.8, 4) is 6.07 Å². The maximum Gasteiger partial charge on any atom is 0.303 e. The molecule has 0 aliphatic carbocycles. The summed E-state index contributed by atoms with van der Waals surface area (Å²) < 4.78 is 20.1. The van der Waals surface area contributed by atoms with Gasteiger partial charge in [-0.05, 0) is 0 Å². The van der Waals surface area contributed by atoms with Crippen molar-refractivity contribution >= 4 is 17.9 Å². The lowest BCUT2D eigenvalue weighted by Gasteiger charge is -2.21. The first-order chi connectivity index (χ1) is 9.35. The molecule has 110 valence electrons. The fraction of sp³-hybridized carbons (Fsp3) is 0.667. The molecule has 4 atom stereocenters. The van der Waals surface area contributed by atoms with Crippen LogP contribution in [0, 0.1) is 11.3 Å². The van der Waals surface area contributed by atoms with Crippen molar-refractivity contribution in [2.75, 3.05) is 6.61 Å². The average Bonchev–Trinajstić information content (AvgIpc) is 2.63. The zero-order chi connectivity index (χ0) is 15.3. The van der Waals surface area contributed by atoms with Crippen LogP contribution in [0.1, 0.15) is 20.8 Å². The van der Waals surface area contributed by atoms with E-state index in [-0.39, 0.29) is 6.61 Å². The van der Waals surface area contributed by atoms with E-state index in [0.29, 0.717) is 0 Å². The van der Waals surface area contributed by atoms with E-state index < -0.39 is 42.3 Å². The van der Waals surface area contributed by atoms with E-state index in [1.807, 2.05) is 6.07 Å². The molecule has 1 heterocycles. The average molecular weight is 285 g/mol. The Balaban J connectivity index is 2.87. The highest BCUT2D eigenvalue weighted by Crippen LogP contribution is 2.27. The van der Waals surface area contributed by atoms with Gasteiger partial charge in [0.1, 0.15) is 12.7 Å². The largest absolute Gasteiger partial charge is 0.463 e. The number of nitrogens with zero attached hydrogens (tertiary/aromatic N) is 1. The molecule has 0 spiro atoms. The number of carbonyl (C=O) groups is 3. The number of ether oxygens (including phenoxy) is 4. The summed E-state index contributed by atoms with van der Waals surface area (Å²) in [7, 11) is 0. The molecule has 0 aromatic heterocycles. The highest BCUT2D eigenvalue weighted by molar-refractivity contribution is 5.68. The minimum absolute atomic E-state index is 0.205. The van der Waals surface area contributed by atoms with Gasteiger partial charge in [0.15, 0.2) is 18.3 Å². The van der Waals surface area contributed by atoms with Crippen molar-refractivity contribution < 1.29 is 33.3 Å². The Labute approximate surface area is 115 Å². The van der Waals surface area contributed by atoms with Crippen LogP contribution in [0.4, 0.5) is 0 Å². The summed E-state index contributed by atoms with van der Waals surface area (Å²) in [4.78, 5) is 33.0. The van der Waals surface area contributed by atoms with Crippen LogP contribution in [-0.2, 0) is 33.3 Å². The number of esters is 3. The monoisotopic (exact) mass is 285 g/mol. The van der Waals surface area contributed by atoms with Crippen molar-refractivity contribution in [1.29, 1.82) is 5.26 Å². The molecule has 20 heavy (non-hydrogen) atoms. The molecule has 0 radical (unpaired) electrons. The first-order valence-corrected chi connectivity index (χ1v) is 5.88. The molecule has 0 aromatic carbocycles. The molecular formula is C12H15NO7. The first-order valence-electron chi connectivity index (χ1n) is 5.88. The number of nitriles is 1. The van der Waals surface area contributed by atoms with Gasteiger partial charge in [0.25, 0.3) is 0 Å². The summed E-state index contributed by atoms with van der Waals surface area (Å²) in [6.45, 7) is 3.34. The molecule has 0 N–H and O–H groups in total. The van der Waals surface area contributed by atoms with Crippen molar-refractivity contribution in [2.45, 2.75) is 45.2 Å². The van der Waals surface area contributed by atoms with Crippen molar-refractivity contribution in [3.63, 3.8) is 0 Å². The Morgan fingerprint density at radius 1 is 1.05 bits per heavy atom. The molecule has 8 heteroatoms. The van der Waals surface area contributed by atoms with E-state index in [0.717, 1.165) is 0 Å². The van der Waals surface area contributed by atoms with E-state index in [2.05, 4.69) is 0 Å². The molecule has 1 fully saturated rings. The third-order valence-electron chi connectivity index (χ3n) is 2.49. The smallest absolute Gasteiger partial charge is 0.303 e. The highest BCUT2D eigenvalue weighted by Gasteiger charge is 2.49. The predicted octanol–water partition coefficient (Wildman–Crippen LogP) is -0.296. The lowest BCUT2D eigenvalue weighted by atomic mass is 10.1. The van der Waals surface area contributed by atoms with E-state index >= 15 is 0 Å². The van der Waals surface area contributed by atoms with Crippen LogP contribution in [0.3, 0.4) is 0 Å². The maximum atomic E-state index is 11.1. The van der Waals surface area contributed by atoms with Crippen molar-refractivity contribution in [2.24, 2.45) is 0 Å². The number of hydrogen-bond donors (Lipinski definition) is 0. The Bertz CT molecular complexity index is 442. The van der Waals surface area contributed by atoms with Gasteiger partial charge < -0.3 is 18.9 Å². The zero-order valence-electron chi connectivity index (χ0n) is 11.3. The molecule has 1 saturated heterocycles. The molecule has 1 aliphatic rings. The van der Waals surface area contributed by atoms with E-state index in [9.17, 15) is 14.4 Å². The topological polar surface area (TPSA) is 112 Å². The normalized spacial score (nSPS) is 28.3. The molecule has 0 saturated carbocycles. The van der Waals surface area contributed by atoms with Gasteiger partial charge in [-0.3, -0.25) is 14.4 Å². The van der Waals surface area contributed by atoms with Gasteiger partial charge in [-0.25, -0.2) is 0 Å². The van der Waals surface area contributed by atoms with Crippen LogP contribution >= 0.6 is 0 Å². The van der Waals surface area contributed by atoms with Gasteiger partial charge >= 0.3 is 17.9 Å². The van der Waals surface area contributed by atoms with E-state index in [1.54, 1.807) is 0 Å². The van der Waals surface area contributed by atoms with E-state index in [1.165, 1.54) is 20.8 Å². The SMILES string of the molecule is CC(=O)OC[C@H]1O[C@@H](C#N)[C@H](OC(C)=O)[C@@H]1OC(C)=O.